The number of hydrogen-bond donors (Lipinski definition) is 2. The second kappa shape index (κ2) is 8.47. The van der Waals surface area contributed by atoms with Crippen molar-refractivity contribution < 1.29 is 14.0 Å². The first-order valence-electron chi connectivity index (χ1n) is 8.94. The molecule has 2 amide bonds. The minimum atomic E-state index is -0.407. The van der Waals surface area contributed by atoms with Gasteiger partial charge in [-0.2, -0.15) is 5.10 Å². The predicted molar refractivity (Wildman–Crippen MR) is 105 cm³/mol. The number of aromatic nitrogens is 2. The number of benzene rings is 2. The van der Waals surface area contributed by atoms with Crippen LogP contribution in [-0.2, 0) is 11.3 Å². The van der Waals surface area contributed by atoms with E-state index in [9.17, 15) is 14.0 Å². The molecule has 0 radical (unpaired) electrons. The highest BCUT2D eigenvalue weighted by Gasteiger charge is 2.16. The van der Waals surface area contributed by atoms with Gasteiger partial charge in [-0.1, -0.05) is 30.3 Å². The summed E-state index contributed by atoms with van der Waals surface area (Å²) in [5.41, 5.74) is 2.31. The van der Waals surface area contributed by atoms with Crippen molar-refractivity contribution in [3.63, 3.8) is 0 Å². The second-order valence-electron chi connectivity index (χ2n) is 6.29. The van der Waals surface area contributed by atoms with Gasteiger partial charge in [-0.3, -0.25) is 14.7 Å². The summed E-state index contributed by atoms with van der Waals surface area (Å²) in [6.45, 7) is 4.38. The molecule has 0 aliphatic heterocycles. The first-order chi connectivity index (χ1) is 13.5. The van der Waals surface area contributed by atoms with Crippen LogP contribution in [0.4, 0.5) is 10.1 Å². The first kappa shape index (κ1) is 19.3. The molecule has 6 nitrogen and oxygen atoms in total. The molecule has 0 bridgehead atoms. The fraction of sp³-hybridized carbons (Fsp3) is 0.190. The van der Waals surface area contributed by atoms with Crippen molar-refractivity contribution in [2.24, 2.45) is 0 Å². The average Bonchev–Trinajstić information content (AvgIpc) is 3.17. The Labute approximate surface area is 162 Å². The van der Waals surface area contributed by atoms with Crippen LogP contribution in [0.2, 0.25) is 0 Å². The standard InChI is InChI=1S/C21H21FN4O2/c1-3-26(14(2)27)13-15-8-4-7-11-18(15)23-21(28)20-12-19(24-25-20)16-9-5-6-10-17(16)22/h4-12H,3,13H2,1-2H3,(H,23,28)(H,24,25). The zero-order valence-corrected chi connectivity index (χ0v) is 15.7. The third-order valence-electron chi connectivity index (χ3n) is 4.43. The minimum Gasteiger partial charge on any atom is -0.339 e. The third-order valence-corrected chi connectivity index (χ3v) is 4.43. The van der Waals surface area contributed by atoms with Gasteiger partial charge >= 0.3 is 0 Å². The van der Waals surface area contributed by atoms with Gasteiger partial charge in [-0.15, -0.1) is 0 Å². The van der Waals surface area contributed by atoms with Crippen molar-refractivity contribution in [2.75, 3.05) is 11.9 Å². The molecule has 0 saturated carbocycles. The molecule has 3 rings (SSSR count). The van der Waals surface area contributed by atoms with Crippen LogP contribution in [0.5, 0.6) is 0 Å². The summed E-state index contributed by atoms with van der Waals surface area (Å²) in [6, 6.07) is 15.0. The maximum absolute atomic E-state index is 13.9. The van der Waals surface area contributed by atoms with Crippen LogP contribution < -0.4 is 5.32 Å². The summed E-state index contributed by atoms with van der Waals surface area (Å²) >= 11 is 0. The monoisotopic (exact) mass is 380 g/mol. The molecule has 144 valence electrons. The van der Waals surface area contributed by atoms with Crippen molar-refractivity contribution in [2.45, 2.75) is 20.4 Å². The summed E-state index contributed by atoms with van der Waals surface area (Å²) in [5, 5.41) is 9.52. The van der Waals surface area contributed by atoms with E-state index in [1.54, 1.807) is 35.2 Å². The quantitative estimate of drug-likeness (QED) is 0.682. The molecule has 0 unspecified atom stereocenters. The van der Waals surface area contributed by atoms with Crippen LogP contribution in [0, 0.1) is 5.82 Å². The van der Waals surface area contributed by atoms with Crippen molar-refractivity contribution in [3.8, 4) is 11.3 Å². The Morgan fingerprint density at radius 2 is 1.86 bits per heavy atom. The SMILES string of the molecule is CCN(Cc1ccccc1NC(=O)c1cc(-c2ccccc2F)n[nH]1)C(C)=O. The van der Waals surface area contributed by atoms with Gasteiger partial charge in [0.2, 0.25) is 5.91 Å². The Morgan fingerprint density at radius 3 is 2.57 bits per heavy atom. The van der Waals surface area contributed by atoms with Gasteiger partial charge in [0.1, 0.15) is 11.5 Å². The zero-order valence-electron chi connectivity index (χ0n) is 15.7. The number of carbonyl (C=O) groups is 2. The molecule has 0 aliphatic carbocycles. The molecule has 7 heteroatoms. The van der Waals surface area contributed by atoms with Gasteiger partial charge in [0.05, 0.1) is 5.69 Å². The van der Waals surface area contributed by atoms with Gasteiger partial charge in [-0.05, 0) is 36.8 Å². The molecule has 0 atom stereocenters. The molecule has 0 aliphatic rings. The highest BCUT2D eigenvalue weighted by molar-refractivity contribution is 6.03. The molecule has 0 fully saturated rings. The van der Waals surface area contributed by atoms with Crippen molar-refractivity contribution in [3.05, 3.63) is 71.7 Å². The molecule has 1 aromatic heterocycles. The Balaban J connectivity index is 1.79. The number of hydrogen-bond acceptors (Lipinski definition) is 3. The average molecular weight is 380 g/mol. The molecule has 2 N–H and O–H groups in total. The van der Waals surface area contributed by atoms with E-state index in [0.717, 1.165) is 5.56 Å². The normalized spacial score (nSPS) is 10.5. The number of nitrogens with one attached hydrogen (secondary N) is 2. The summed E-state index contributed by atoms with van der Waals surface area (Å²) in [7, 11) is 0. The number of rotatable bonds is 6. The van der Waals surface area contributed by atoms with Crippen molar-refractivity contribution >= 4 is 17.5 Å². The molecule has 28 heavy (non-hydrogen) atoms. The fourth-order valence-corrected chi connectivity index (χ4v) is 2.87. The third kappa shape index (κ3) is 4.25. The van der Waals surface area contributed by atoms with Crippen molar-refractivity contribution in [1.29, 1.82) is 0 Å². The summed E-state index contributed by atoms with van der Waals surface area (Å²) in [6.07, 6.45) is 0. The molecule has 2 aromatic carbocycles. The van der Waals surface area contributed by atoms with Crippen LogP contribution in [0.3, 0.4) is 0 Å². The number of amides is 2. The number of para-hydroxylation sites is 1. The Kier molecular flexibility index (Phi) is 5.84. The predicted octanol–water partition coefficient (Wildman–Crippen LogP) is 3.84. The van der Waals surface area contributed by atoms with E-state index in [4.69, 9.17) is 0 Å². The Bertz CT molecular complexity index is 999. The van der Waals surface area contributed by atoms with Gasteiger partial charge in [0.25, 0.3) is 5.91 Å². The van der Waals surface area contributed by atoms with Gasteiger partial charge < -0.3 is 10.2 Å². The molecule has 0 spiro atoms. The Morgan fingerprint density at radius 1 is 1.14 bits per heavy atom. The van der Waals surface area contributed by atoms with E-state index in [2.05, 4.69) is 15.5 Å². The lowest BCUT2D eigenvalue weighted by Gasteiger charge is -2.20. The maximum atomic E-state index is 13.9. The van der Waals surface area contributed by atoms with Crippen LogP contribution >= 0.6 is 0 Å². The maximum Gasteiger partial charge on any atom is 0.273 e. The van der Waals surface area contributed by atoms with Crippen LogP contribution in [0.15, 0.2) is 54.6 Å². The number of H-pyrrole nitrogens is 1. The number of aromatic amines is 1. The van der Waals surface area contributed by atoms with Crippen molar-refractivity contribution in [1.82, 2.24) is 15.1 Å². The number of anilines is 1. The molecule has 0 saturated heterocycles. The van der Waals surface area contributed by atoms with Crippen LogP contribution in [0.1, 0.15) is 29.9 Å². The lowest BCUT2D eigenvalue weighted by molar-refractivity contribution is -0.129. The van der Waals surface area contributed by atoms with E-state index in [-0.39, 0.29) is 11.6 Å². The van der Waals surface area contributed by atoms with Crippen LogP contribution in [-0.4, -0.2) is 33.5 Å². The minimum absolute atomic E-state index is 0.0354. The smallest absolute Gasteiger partial charge is 0.273 e. The second-order valence-corrected chi connectivity index (χ2v) is 6.29. The van der Waals surface area contributed by atoms with Gasteiger partial charge in [0, 0.05) is 31.3 Å². The zero-order chi connectivity index (χ0) is 20.1. The summed E-state index contributed by atoms with van der Waals surface area (Å²) in [5.74, 6) is -0.838. The number of nitrogens with zero attached hydrogens (tertiary/aromatic N) is 2. The highest BCUT2D eigenvalue weighted by Crippen LogP contribution is 2.22. The lowest BCUT2D eigenvalue weighted by atomic mass is 10.1. The first-order valence-corrected chi connectivity index (χ1v) is 8.94. The van der Waals surface area contributed by atoms with E-state index in [0.29, 0.717) is 30.0 Å². The number of halogens is 1. The summed E-state index contributed by atoms with van der Waals surface area (Å²) in [4.78, 5) is 26.0. The molecular weight excluding hydrogens is 359 g/mol. The van der Waals surface area contributed by atoms with E-state index < -0.39 is 11.7 Å². The summed E-state index contributed by atoms with van der Waals surface area (Å²) < 4.78 is 13.9. The highest BCUT2D eigenvalue weighted by atomic mass is 19.1. The Hall–Kier alpha value is -3.48. The van der Waals surface area contributed by atoms with E-state index >= 15 is 0 Å². The van der Waals surface area contributed by atoms with E-state index in [1.807, 2.05) is 19.1 Å². The van der Waals surface area contributed by atoms with Gasteiger partial charge in [-0.25, -0.2) is 4.39 Å². The van der Waals surface area contributed by atoms with Gasteiger partial charge in [0.15, 0.2) is 0 Å². The molecule has 3 aromatic rings. The topological polar surface area (TPSA) is 78.1 Å². The molecular formula is C21H21FN4O2. The fourth-order valence-electron chi connectivity index (χ4n) is 2.87. The van der Waals surface area contributed by atoms with Crippen LogP contribution in [0.25, 0.3) is 11.3 Å². The number of carbonyl (C=O) groups excluding carboxylic acids is 2. The van der Waals surface area contributed by atoms with E-state index in [1.165, 1.54) is 19.1 Å². The lowest BCUT2D eigenvalue weighted by Crippen LogP contribution is -2.28. The largest absolute Gasteiger partial charge is 0.339 e. The molecule has 1 heterocycles.